The van der Waals surface area contributed by atoms with Crippen LogP contribution in [0.25, 0.3) is 0 Å². The van der Waals surface area contributed by atoms with Gasteiger partial charge in [-0.15, -0.1) is 0 Å². The zero-order chi connectivity index (χ0) is 9.52. The van der Waals surface area contributed by atoms with Gasteiger partial charge >= 0.3 is 0 Å². The van der Waals surface area contributed by atoms with Crippen molar-refractivity contribution in [2.24, 2.45) is 0 Å². The van der Waals surface area contributed by atoms with Crippen LogP contribution >= 0.6 is 0 Å². The maximum absolute atomic E-state index is 10.3. The molecular formula is C9H16N2O2. The molecule has 0 unspecified atom stereocenters. The molecular weight excluding hydrogens is 168 g/mol. The monoisotopic (exact) mass is 184 g/mol. The SMILES string of the molecule is CCCCON1CCNC(=C=O)C1. The minimum Gasteiger partial charge on any atom is -0.377 e. The van der Waals surface area contributed by atoms with E-state index in [1.54, 1.807) is 0 Å². The number of unbranched alkanes of at least 4 members (excludes halogenated alkanes) is 1. The Kier molecular flexibility index (Phi) is 4.54. The molecule has 1 aliphatic heterocycles. The van der Waals surface area contributed by atoms with Gasteiger partial charge in [-0.25, -0.2) is 4.79 Å². The third kappa shape index (κ3) is 3.59. The van der Waals surface area contributed by atoms with Gasteiger partial charge in [0.15, 0.2) is 0 Å². The van der Waals surface area contributed by atoms with E-state index >= 15 is 0 Å². The Hall–Kier alpha value is -0.830. The van der Waals surface area contributed by atoms with Gasteiger partial charge in [0.2, 0.25) is 0 Å². The van der Waals surface area contributed by atoms with Crippen molar-refractivity contribution in [1.29, 1.82) is 0 Å². The highest BCUT2D eigenvalue weighted by Crippen LogP contribution is 2.01. The van der Waals surface area contributed by atoms with Crippen LogP contribution in [-0.4, -0.2) is 37.2 Å². The number of rotatable bonds is 4. The van der Waals surface area contributed by atoms with E-state index in [1.165, 1.54) is 0 Å². The van der Waals surface area contributed by atoms with Crippen molar-refractivity contribution >= 4 is 5.94 Å². The van der Waals surface area contributed by atoms with Crippen LogP contribution < -0.4 is 5.32 Å². The topological polar surface area (TPSA) is 41.6 Å². The fourth-order valence-corrected chi connectivity index (χ4v) is 1.16. The number of hydroxylamine groups is 2. The summed E-state index contributed by atoms with van der Waals surface area (Å²) in [6.45, 7) is 4.99. The second-order valence-corrected chi connectivity index (χ2v) is 3.06. The Morgan fingerprint density at radius 3 is 3.23 bits per heavy atom. The zero-order valence-corrected chi connectivity index (χ0v) is 8.01. The van der Waals surface area contributed by atoms with E-state index in [2.05, 4.69) is 12.2 Å². The van der Waals surface area contributed by atoms with Crippen molar-refractivity contribution in [3.63, 3.8) is 0 Å². The molecule has 74 valence electrons. The lowest BCUT2D eigenvalue weighted by molar-refractivity contribution is -0.158. The first-order valence-electron chi connectivity index (χ1n) is 4.72. The highest BCUT2D eigenvalue weighted by molar-refractivity contribution is 5.52. The highest BCUT2D eigenvalue weighted by atomic mass is 16.7. The van der Waals surface area contributed by atoms with E-state index in [-0.39, 0.29) is 0 Å². The molecule has 0 aromatic heterocycles. The quantitative estimate of drug-likeness (QED) is 0.505. The summed E-state index contributed by atoms with van der Waals surface area (Å²) in [4.78, 5) is 15.8. The molecule has 4 nitrogen and oxygen atoms in total. The first kappa shape index (κ1) is 10.3. The van der Waals surface area contributed by atoms with Crippen molar-refractivity contribution in [1.82, 2.24) is 10.4 Å². The predicted molar refractivity (Wildman–Crippen MR) is 49.6 cm³/mol. The molecule has 1 heterocycles. The lowest BCUT2D eigenvalue weighted by Crippen LogP contribution is -2.42. The van der Waals surface area contributed by atoms with E-state index in [4.69, 9.17) is 4.84 Å². The summed E-state index contributed by atoms with van der Waals surface area (Å²) in [7, 11) is 0. The summed E-state index contributed by atoms with van der Waals surface area (Å²) in [6.07, 6.45) is 2.19. The molecule has 0 bridgehead atoms. The molecule has 4 heteroatoms. The van der Waals surface area contributed by atoms with Crippen LogP contribution in [0, 0.1) is 0 Å². The first-order valence-corrected chi connectivity index (χ1v) is 4.72. The van der Waals surface area contributed by atoms with E-state index in [0.717, 1.165) is 32.5 Å². The average molecular weight is 184 g/mol. The lowest BCUT2D eigenvalue weighted by Gasteiger charge is -2.27. The van der Waals surface area contributed by atoms with Crippen LogP contribution in [0.4, 0.5) is 0 Å². The summed E-state index contributed by atoms with van der Waals surface area (Å²) in [5.41, 5.74) is 0.586. The number of piperazine rings is 1. The molecule has 1 fully saturated rings. The van der Waals surface area contributed by atoms with Crippen LogP contribution in [0.15, 0.2) is 5.70 Å². The molecule has 0 atom stereocenters. The Morgan fingerprint density at radius 2 is 2.54 bits per heavy atom. The van der Waals surface area contributed by atoms with Gasteiger partial charge < -0.3 is 5.32 Å². The van der Waals surface area contributed by atoms with Crippen molar-refractivity contribution in [2.45, 2.75) is 19.8 Å². The molecule has 0 aromatic rings. The second kappa shape index (κ2) is 5.75. The van der Waals surface area contributed by atoms with Gasteiger partial charge in [0.25, 0.3) is 0 Å². The van der Waals surface area contributed by atoms with Gasteiger partial charge in [0, 0.05) is 13.1 Å². The molecule has 0 aliphatic carbocycles. The molecule has 1 aliphatic rings. The first-order chi connectivity index (χ1) is 6.36. The van der Waals surface area contributed by atoms with Crippen molar-refractivity contribution < 1.29 is 9.63 Å². The van der Waals surface area contributed by atoms with Crippen LogP contribution in [0.1, 0.15) is 19.8 Å². The maximum Gasteiger partial charge on any atom is 0.147 e. The smallest absolute Gasteiger partial charge is 0.147 e. The largest absolute Gasteiger partial charge is 0.377 e. The zero-order valence-electron chi connectivity index (χ0n) is 8.01. The molecule has 0 amide bonds. The van der Waals surface area contributed by atoms with Gasteiger partial charge in [0.05, 0.1) is 13.2 Å². The molecule has 13 heavy (non-hydrogen) atoms. The van der Waals surface area contributed by atoms with Crippen molar-refractivity contribution in [3.8, 4) is 0 Å². The molecule has 0 saturated carbocycles. The molecule has 1 N–H and O–H groups in total. The van der Waals surface area contributed by atoms with Gasteiger partial charge in [-0.1, -0.05) is 13.3 Å². The minimum absolute atomic E-state index is 0.535. The summed E-state index contributed by atoms with van der Waals surface area (Å²) < 4.78 is 0. The normalized spacial score (nSPS) is 18.1. The number of hydrogen-bond donors (Lipinski definition) is 1. The fourth-order valence-electron chi connectivity index (χ4n) is 1.16. The predicted octanol–water partition coefficient (Wildman–Crippen LogP) is 0.339. The standard InChI is InChI=1S/C9H16N2O2/c1-2-3-6-13-11-5-4-10-9(7-11)8-12/h10H,2-7H2,1H3. The summed E-state index contributed by atoms with van der Waals surface area (Å²) >= 11 is 0. The Bertz CT molecular complexity index is 200. The van der Waals surface area contributed by atoms with E-state index in [1.807, 2.05) is 11.0 Å². The van der Waals surface area contributed by atoms with Gasteiger partial charge in [0.1, 0.15) is 11.6 Å². The van der Waals surface area contributed by atoms with E-state index in [9.17, 15) is 4.79 Å². The summed E-state index contributed by atoms with van der Waals surface area (Å²) in [5, 5.41) is 4.77. The van der Waals surface area contributed by atoms with Crippen LogP contribution in [0.5, 0.6) is 0 Å². The molecule has 1 saturated heterocycles. The van der Waals surface area contributed by atoms with Crippen molar-refractivity contribution in [2.75, 3.05) is 26.2 Å². The Labute approximate surface area is 78.5 Å². The third-order valence-corrected chi connectivity index (χ3v) is 1.93. The third-order valence-electron chi connectivity index (χ3n) is 1.93. The summed E-state index contributed by atoms with van der Waals surface area (Å²) in [6, 6.07) is 0. The van der Waals surface area contributed by atoms with Gasteiger partial charge in [-0.3, -0.25) is 4.84 Å². The Balaban J connectivity index is 2.22. The number of carbonyl (C=O) groups excluding carboxylic acids is 1. The van der Waals surface area contributed by atoms with E-state index in [0.29, 0.717) is 12.2 Å². The second-order valence-electron chi connectivity index (χ2n) is 3.06. The van der Waals surface area contributed by atoms with Crippen LogP contribution in [0.3, 0.4) is 0 Å². The maximum atomic E-state index is 10.3. The fraction of sp³-hybridized carbons (Fsp3) is 0.778. The Morgan fingerprint density at radius 1 is 1.69 bits per heavy atom. The van der Waals surface area contributed by atoms with Crippen LogP contribution in [0.2, 0.25) is 0 Å². The van der Waals surface area contributed by atoms with Gasteiger partial charge in [-0.2, -0.15) is 5.06 Å². The molecule has 1 rings (SSSR count). The molecule has 0 radical (unpaired) electrons. The summed E-state index contributed by atoms with van der Waals surface area (Å²) in [5.74, 6) is 1.86. The number of nitrogens with one attached hydrogen (secondary N) is 1. The average Bonchev–Trinajstić information content (AvgIpc) is 2.19. The van der Waals surface area contributed by atoms with Gasteiger partial charge in [-0.05, 0) is 6.42 Å². The van der Waals surface area contributed by atoms with Crippen molar-refractivity contribution in [3.05, 3.63) is 5.70 Å². The number of nitrogens with zero attached hydrogens (tertiary/aromatic N) is 1. The highest BCUT2D eigenvalue weighted by Gasteiger charge is 2.14. The minimum atomic E-state index is 0.535. The molecule has 0 aromatic carbocycles. The molecule has 0 spiro atoms. The number of hydrogen-bond acceptors (Lipinski definition) is 4. The lowest BCUT2D eigenvalue weighted by atomic mass is 10.3. The van der Waals surface area contributed by atoms with Crippen LogP contribution in [-0.2, 0) is 9.63 Å². The van der Waals surface area contributed by atoms with E-state index < -0.39 is 0 Å².